The minimum absolute atomic E-state index is 0.214. The largest absolute Gasteiger partial charge is 0.477 e. The van der Waals surface area contributed by atoms with Gasteiger partial charge in [-0.2, -0.15) is 0 Å². The van der Waals surface area contributed by atoms with Crippen LogP contribution < -0.4 is 4.90 Å². The molecule has 3 aliphatic carbocycles. The van der Waals surface area contributed by atoms with Crippen LogP contribution in [0.2, 0.25) is 0 Å². The van der Waals surface area contributed by atoms with Crippen LogP contribution >= 0.6 is 11.3 Å². The standard InChI is InChI=1S/C18H24N2O3S.C9H18.C7H8/c1-20(13-6-8-14(21)9-7-13)15-10-16(24-17(15)18(22)23)11-2-4-12(19)5-3-11;1-3-9-6-4-8(2)5-7-9;1-7-5-3-2-4-6-7/h2,10,13-14,19,21H,3-9H2,1H3,(H,22,23);8-9H,3-7H2,1-2H3;2-6H,1H3. The average molecular weight is 567 g/mol. The molecule has 2 saturated carbocycles. The predicted octanol–water partition coefficient (Wildman–Crippen LogP) is 8.99. The van der Waals surface area contributed by atoms with E-state index in [1.807, 2.05) is 31.3 Å². The maximum absolute atomic E-state index is 11.7. The Balaban J connectivity index is 0.000000223. The molecule has 5 nitrogen and oxygen atoms in total. The highest BCUT2D eigenvalue weighted by atomic mass is 32.1. The van der Waals surface area contributed by atoms with E-state index in [1.54, 1.807) is 0 Å². The molecule has 3 N–H and O–H groups in total. The topological polar surface area (TPSA) is 84.6 Å². The Morgan fingerprint density at radius 1 is 1.02 bits per heavy atom. The van der Waals surface area contributed by atoms with Crippen molar-refractivity contribution in [1.29, 1.82) is 5.41 Å². The summed E-state index contributed by atoms with van der Waals surface area (Å²) in [6, 6.07) is 12.5. The van der Waals surface area contributed by atoms with Crippen molar-refractivity contribution in [3.8, 4) is 0 Å². The van der Waals surface area contributed by atoms with Crippen molar-refractivity contribution >= 4 is 34.3 Å². The summed E-state index contributed by atoms with van der Waals surface area (Å²) in [5.74, 6) is 1.21. The van der Waals surface area contributed by atoms with Crippen LogP contribution in [0.4, 0.5) is 5.69 Å². The second-order valence-corrected chi connectivity index (χ2v) is 13.0. The Kier molecular flexibility index (Phi) is 12.9. The number of carboxylic acids is 1. The fraction of sp³-hybridized carbons (Fsp3) is 0.588. The Bertz CT molecular complexity index is 1090. The first-order valence-electron chi connectivity index (χ1n) is 15.2. The molecule has 0 amide bonds. The van der Waals surface area contributed by atoms with Gasteiger partial charge in [-0.25, -0.2) is 4.79 Å². The number of aromatic carboxylic acids is 1. The number of anilines is 1. The number of benzene rings is 1. The molecule has 2 fully saturated rings. The number of aliphatic hydroxyl groups excluding tert-OH is 1. The summed E-state index contributed by atoms with van der Waals surface area (Å²) in [6.07, 6.45) is 14.8. The highest BCUT2D eigenvalue weighted by Gasteiger charge is 2.28. The van der Waals surface area contributed by atoms with Gasteiger partial charge in [0.25, 0.3) is 0 Å². The molecule has 5 rings (SSSR count). The molecular weight excluding hydrogens is 516 g/mol. The van der Waals surface area contributed by atoms with E-state index in [4.69, 9.17) is 5.41 Å². The third-order valence-electron chi connectivity index (χ3n) is 8.76. The molecule has 3 aliphatic rings. The van der Waals surface area contributed by atoms with Crippen LogP contribution in [0, 0.1) is 24.2 Å². The molecule has 0 spiro atoms. The lowest BCUT2D eigenvalue weighted by molar-refractivity contribution is 0.0702. The van der Waals surface area contributed by atoms with Gasteiger partial charge in [-0.15, -0.1) is 11.3 Å². The zero-order valence-electron chi connectivity index (χ0n) is 25.0. The predicted molar refractivity (Wildman–Crippen MR) is 170 cm³/mol. The van der Waals surface area contributed by atoms with Gasteiger partial charge in [-0.05, 0) is 68.9 Å². The summed E-state index contributed by atoms with van der Waals surface area (Å²) in [6.45, 7) is 6.78. The first-order valence-corrected chi connectivity index (χ1v) is 16.0. The number of hydrogen-bond acceptors (Lipinski definition) is 5. The number of hydrogen-bond donors (Lipinski definition) is 3. The zero-order chi connectivity index (χ0) is 29.1. The van der Waals surface area contributed by atoms with Crippen molar-refractivity contribution in [2.75, 3.05) is 11.9 Å². The number of carbonyl (C=O) groups is 1. The first-order chi connectivity index (χ1) is 19.2. The Morgan fingerprint density at radius 3 is 2.17 bits per heavy atom. The van der Waals surface area contributed by atoms with E-state index in [0.717, 1.165) is 72.2 Å². The van der Waals surface area contributed by atoms with E-state index in [0.29, 0.717) is 11.3 Å². The summed E-state index contributed by atoms with van der Waals surface area (Å²) >= 11 is 1.34. The van der Waals surface area contributed by atoms with Gasteiger partial charge in [0.1, 0.15) is 4.88 Å². The van der Waals surface area contributed by atoms with Crippen molar-refractivity contribution in [2.45, 2.75) is 110 Å². The van der Waals surface area contributed by atoms with Gasteiger partial charge in [-0.3, -0.25) is 0 Å². The average Bonchev–Trinajstić information content (AvgIpc) is 3.41. The molecule has 0 saturated heterocycles. The molecule has 0 atom stereocenters. The van der Waals surface area contributed by atoms with Crippen molar-refractivity contribution in [3.05, 3.63) is 57.8 Å². The minimum atomic E-state index is -0.881. The number of nitrogens with zero attached hydrogens (tertiary/aromatic N) is 1. The van der Waals surface area contributed by atoms with Crippen molar-refractivity contribution in [1.82, 2.24) is 0 Å². The third-order valence-corrected chi connectivity index (χ3v) is 9.95. The summed E-state index contributed by atoms with van der Waals surface area (Å²) in [5, 5.41) is 27.0. The molecule has 0 radical (unpaired) electrons. The van der Waals surface area contributed by atoms with E-state index < -0.39 is 5.97 Å². The molecule has 0 aliphatic heterocycles. The number of allylic oxidation sites excluding steroid dienone is 2. The van der Waals surface area contributed by atoms with Crippen molar-refractivity contribution in [3.63, 3.8) is 0 Å². The number of aryl methyl sites for hydroxylation is 1. The molecule has 1 aromatic heterocycles. The number of aliphatic hydroxyl groups is 1. The quantitative estimate of drug-likeness (QED) is 0.337. The number of carboxylic acid groups (broad SMARTS) is 1. The van der Waals surface area contributed by atoms with E-state index >= 15 is 0 Å². The number of thiophene rings is 1. The molecule has 0 bridgehead atoms. The van der Waals surface area contributed by atoms with Crippen LogP contribution in [0.5, 0.6) is 0 Å². The number of rotatable bonds is 5. The smallest absolute Gasteiger partial charge is 0.348 e. The summed E-state index contributed by atoms with van der Waals surface area (Å²) in [7, 11) is 1.96. The van der Waals surface area contributed by atoms with Crippen LogP contribution in [0.25, 0.3) is 5.57 Å². The lowest BCUT2D eigenvalue weighted by atomic mass is 9.82. The van der Waals surface area contributed by atoms with Gasteiger partial charge in [0.2, 0.25) is 0 Å². The van der Waals surface area contributed by atoms with Gasteiger partial charge in [0.05, 0.1) is 11.8 Å². The van der Waals surface area contributed by atoms with Crippen molar-refractivity contribution in [2.24, 2.45) is 11.8 Å². The summed E-state index contributed by atoms with van der Waals surface area (Å²) in [4.78, 5) is 15.2. The van der Waals surface area contributed by atoms with Crippen LogP contribution in [-0.2, 0) is 0 Å². The van der Waals surface area contributed by atoms with E-state index in [2.05, 4.69) is 43.9 Å². The molecule has 0 unspecified atom stereocenters. The molecular formula is C34H50N2O3S. The van der Waals surface area contributed by atoms with Crippen LogP contribution in [-0.4, -0.2) is 41.1 Å². The van der Waals surface area contributed by atoms with E-state index in [-0.39, 0.29) is 12.1 Å². The second kappa shape index (κ2) is 16.1. The molecule has 220 valence electrons. The molecule has 1 heterocycles. The second-order valence-electron chi connectivity index (χ2n) is 11.9. The van der Waals surface area contributed by atoms with Gasteiger partial charge in [-0.1, -0.05) is 87.9 Å². The lowest BCUT2D eigenvalue weighted by Gasteiger charge is -2.34. The molecule has 40 heavy (non-hydrogen) atoms. The number of nitrogens with one attached hydrogen (secondary N) is 1. The minimum Gasteiger partial charge on any atom is -0.477 e. The zero-order valence-corrected chi connectivity index (χ0v) is 25.8. The maximum Gasteiger partial charge on any atom is 0.348 e. The lowest BCUT2D eigenvalue weighted by Crippen LogP contribution is -2.36. The highest BCUT2D eigenvalue weighted by Crippen LogP contribution is 2.39. The Hall–Kier alpha value is -2.44. The van der Waals surface area contributed by atoms with Crippen molar-refractivity contribution < 1.29 is 15.0 Å². The van der Waals surface area contributed by atoms with Crippen LogP contribution in [0.15, 0.2) is 42.5 Å². The summed E-state index contributed by atoms with van der Waals surface area (Å²) < 4.78 is 0. The third kappa shape index (κ3) is 9.88. The Labute approximate surface area is 245 Å². The van der Waals surface area contributed by atoms with Gasteiger partial charge in [0, 0.05) is 30.1 Å². The first kappa shape index (κ1) is 32.1. The fourth-order valence-corrected chi connectivity index (χ4v) is 6.93. The van der Waals surface area contributed by atoms with Gasteiger partial charge in [0.15, 0.2) is 0 Å². The Morgan fingerprint density at radius 2 is 1.68 bits per heavy atom. The molecule has 6 heteroatoms. The SMILES string of the molecule is CCC1CCC(C)CC1.CN(c1cc(C2=CCC(=N)CC2)sc1C(=O)O)C1CCC(O)CC1.Cc1ccccc1. The fourth-order valence-electron chi connectivity index (χ4n) is 5.83. The highest BCUT2D eigenvalue weighted by molar-refractivity contribution is 7.15. The normalized spacial score (nSPS) is 24.5. The van der Waals surface area contributed by atoms with E-state index in [1.165, 1.54) is 49.0 Å². The molecule has 2 aromatic rings. The van der Waals surface area contributed by atoms with Crippen LogP contribution in [0.1, 0.15) is 111 Å². The van der Waals surface area contributed by atoms with E-state index in [9.17, 15) is 15.0 Å². The van der Waals surface area contributed by atoms with Crippen LogP contribution in [0.3, 0.4) is 0 Å². The summed E-state index contributed by atoms with van der Waals surface area (Å²) in [5.41, 5.74) is 4.01. The maximum atomic E-state index is 11.7. The molecule has 1 aromatic carbocycles. The monoisotopic (exact) mass is 566 g/mol. The van der Waals surface area contributed by atoms with Gasteiger partial charge >= 0.3 is 5.97 Å². The van der Waals surface area contributed by atoms with Gasteiger partial charge < -0.3 is 20.5 Å².